The van der Waals surface area contributed by atoms with E-state index in [4.69, 9.17) is 0 Å². The summed E-state index contributed by atoms with van der Waals surface area (Å²) in [6.45, 7) is 1.48. The zero-order valence-electron chi connectivity index (χ0n) is 10.8. The number of piperidine rings is 1. The molecular weight excluding hydrogens is 322 g/mol. The summed E-state index contributed by atoms with van der Waals surface area (Å²) in [4.78, 5) is 11.7. The quantitative estimate of drug-likeness (QED) is 0.721. The van der Waals surface area contributed by atoms with Gasteiger partial charge in [0, 0.05) is 12.6 Å². The molecule has 0 saturated carbocycles. The lowest BCUT2D eigenvalue weighted by atomic mass is 10.1. The molecule has 2 heterocycles. The van der Waals surface area contributed by atoms with Gasteiger partial charge in [-0.15, -0.1) is 23.7 Å². The van der Waals surface area contributed by atoms with E-state index in [0.717, 1.165) is 37.3 Å². The summed E-state index contributed by atoms with van der Waals surface area (Å²) in [7, 11) is -3.56. The molecule has 0 aromatic carbocycles. The molecule has 9 heteroatoms. The Balaban J connectivity index is 0.00000200. The van der Waals surface area contributed by atoms with Gasteiger partial charge in [0.2, 0.25) is 5.91 Å². The zero-order chi connectivity index (χ0) is 13.7. The second-order valence-corrected chi connectivity index (χ2v) is 7.31. The standard InChI is InChI=1S/C11H17N3O3S2.ClH/c15-10(14-9-3-1-5-12-7-9)8-13-19(16,17)11-4-2-6-18-11;/h2,4,6,9,12-13H,1,3,5,7-8H2,(H,14,15);1H. The van der Waals surface area contributed by atoms with Crippen LogP contribution in [-0.4, -0.2) is 40.0 Å². The van der Waals surface area contributed by atoms with Crippen molar-refractivity contribution in [2.24, 2.45) is 0 Å². The van der Waals surface area contributed by atoms with E-state index in [1.54, 1.807) is 11.4 Å². The smallest absolute Gasteiger partial charge is 0.250 e. The predicted octanol–water partition coefficient (Wildman–Crippen LogP) is 0.316. The summed E-state index contributed by atoms with van der Waals surface area (Å²) >= 11 is 1.13. The highest BCUT2D eigenvalue weighted by molar-refractivity contribution is 7.91. The topological polar surface area (TPSA) is 87.3 Å². The van der Waals surface area contributed by atoms with Crippen LogP contribution in [0.2, 0.25) is 0 Å². The number of hydrogen-bond donors (Lipinski definition) is 3. The second kappa shape index (κ2) is 7.94. The fourth-order valence-corrected chi connectivity index (χ4v) is 3.92. The van der Waals surface area contributed by atoms with Crippen molar-refractivity contribution in [3.05, 3.63) is 17.5 Å². The van der Waals surface area contributed by atoms with E-state index in [0.29, 0.717) is 0 Å². The maximum Gasteiger partial charge on any atom is 0.250 e. The van der Waals surface area contributed by atoms with Gasteiger partial charge in [-0.05, 0) is 30.8 Å². The molecule has 0 aliphatic carbocycles. The van der Waals surface area contributed by atoms with Crippen molar-refractivity contribution in [3.8, 4) is 0 Å². The van der Waals surface area contributed by atoms with Gasteiger partial charge in [0.1, 0.15) is 4.21 Å². The molecule has 1 unspecified atom stereocenters. The van der Waals surface area contributed by atoms with E-state index in [1.807, 2.05) is 0 Å². The molecule has 3 N–H and O–H groups in total. The van der Waals surface area contributed by atoms with Crippen LogP contribution in [-0.2, 0) is 14.8 Å². The van der Waals surface area contributed by atoms with E-state index in [-0.39, 0.29) is 35.1 Å². The molecule has 1 aliphatic rings. The third-order valence-electron chi connectivity index (χ3n) is 2.84. The van der Waals surface area contributed by atoms with Crippen molar-refractivity contribution < 1.29 is 13.2 Å². The number of carbonyl (C=O) groups excluding carboxylic acids is 1. The molecule has 1 aliphatic heterocycles. The van der Waals surface area contributed by atoms with Crippen LogP contribution < -0.4 is 15.4 Å². The Labute approximate surface area is 128 Å². The minimum Gasteiger partial charge on any atom is -0.351 e. The van der Waals surface area contributed by atoms with Gasteiger partial charge in [-0.25, -0.2) is 13.1 Å². The van der Waals surface area contributed by atoms with E-state index in [1.165, 1.54) is 6.07 Å². The van der Waals surface area contributed by atoms with Crippen molar-refractivity contribution >= 4 is 39.7 Å². The second-order valence-electron chi connectivity index (χ2n) is 4.37. The molecule has 114 valence electrons. The van der Waals surface area contributed by atoms with Crippen molar-refractivity contribution in [1.29, 1.82) is 0 Å². The van der Waals surface area contributed by atoms with Crippen molar-refractivity contribution in [2.75, 3.05) is 19.6 Å². The summed E-state index contributed by atoms with van der Waals surface area (Å²) in [5, 5.41) is 7.68. The van der Waals surface area contributed by atoms with Crippen LogP contribution in [0.3, 0.4) is 0 Å². The first-order chi connectivity index (χ1) is 9.08. The van der Waals surface area contributed by atoms with Crippen LogP contribution in [0.15, 0.2) is 21.7 Å². The number of thiophene rings is 1. The minimum atomic E-state index is -3.56. The van der Waals surface area contributed by atoms with Crippen LogP contribution in [0.1, 0.15) is 12.8 Å². The first kappa shape index (κ1) is 17.4. The third kappa shape index (κ3) is 5.02. The summed E-state index contributed by atoms with van der Waals surface area (Å²) in [6.07, 6.45) is 1.95. The Morgan fingerprint density at radius 1 is 1.50 bits per heavy atom. The Hall–Kier alpha value is -0.670. The Morgan fingerprint density at radius 2 is 2.30 bits per heavy atom. The Kier molecular flexibility index (Phi) is 6.90. The van der Waals surface area contributed by atoms with E-state index >= 15 is 0 Å². The van der Waals surface area contributed by atoms with E-state index in [2.05, 4.69) is 15.4 Å². The van der Waals surface area contributed by atoms with Crippen molar-refractivity contribution in [3.63, 3.8) is 0 Å². The number of nitrogens with one attached hydrogen (secondary N) is 3. The Morgan fingerprint density at radius 3 is 2.90 bits per heavy atom. The highest BCUT2D eigenvalue weighted by Crippen LogP contribution is 2.14. The Bertz CT molecular complexity index is 513. The molecule has 1 aromatic rings. The van der Waals surface area contributed by atoms with Crippen LogP contribution in [0.25, 0.3) is 0 Å². The average molecular weight is 340 g/mol. The van der Waals surface area contributed by atoms with E-state index in [9.17, 15) is 13.2 Å². The largest absolute Gasteiger partial charge is 0.351 e. The first-order valence-corrected chi connectivity index (χ1v) is 8.47. The minimum absolute atomic E-state index is 0. The van der Waals surface area contributed by atoms with Crippen LogP contribution in [0.4, 0.5) is 0 Å². The van der Waals surface area contributed by atoms with Gasteiger partial charge < -0.3 is 10.6 Å². The molecule has 1 fully saturated rings. The number of hydrogen-bond acceptors (Lipinski definition) is 5. The molecule has 1 aromatic heterocycles. The van der Waals surface area contributed by atoms with Gasteiger partial charge in [0.15, 0.2) is 0 Å². The van der Waals surface area contributed by atoms with Gasteiger partial charge in [0.25, 0.3) is 10.0 Å². The molecule has 1 saturated heterocycles. The van der Waals surface area contributed by atoms with Crippen LogP contribution >= 0.6 is 23.7 Å². The normalized spacial score (nSPS) is 19.1. The third-order valence-corrected chi connectivity index (χ3v) is 5.64. The first-order valence-electron chi connectivity index (χ1n) is 6.11. The summed E-state index contributed by atoms with van der Waals surface area (Å²) < 4.78 is 26.1. The molecule has 6 nitrogen and oxygen atoms in total. The maximum atomic E-state index is 11.8. The van der Waals surface area contributed by atoms with Gasteiger partial charge in [0.05, 0.1) is 6.54 Å². The molecular formula is C11H18ClN3O3S2. The van der Waals surface area contributed by atoms with Gasteiger partial charge >= 0.3 is 0 Å². The van der Waals surface area contributed by atoms with E-state index < -0.39 is 10.0 Å². The SMILES string of the molecule is Cl.O=C(CNS(=O)(=O)c1cccs1)NC1CCCNC1. The van der Waals surface area contributed by atoms with Gasteiger partial charge in [-0.1, -0.05) is 6.07 Å². The number of rotatable bonds is 5. The monoisotopic (exact) mass is 339 g/mol. The fraction of sp³-hybridized carbons (Fsp3) is 0.545. The van der Waals surface area contributed by atoms with Crippen LogP contribution in [0, 0.1) is 0 Å². The lowest BCUT2D eigenvalue weighted by molar-refractivity contribution is -0.120. The fourth-order valence-electron chi connectivity index (χ4n) is 1.90. The molecule has 1 atom stereocenters. The molecule has 1 amide bonds. The van der Waals surface area contributed by atoms with Gasteiger partial charge in [-0.2, -0.15) is 0 Å². The van der Waals surface area contributed by atoms with Crippen molar-refractivity contribution in [1.82, 2.24) is 15.4 Å². The highest BCUT2D eigenvalue weighted by Gasteiger charge is 2.19. The number of amides is 1. The summed E-state index contributed by atoms with van der Waals surface area (Å²) in [5.74, 6) is -0.297. The number of sulfonamides is 1. The average Bonchev–Trinajstić information content (AvgIpc) is 2.92. The van der Waals surface area contributed by atoms with Gasteiger partial charge in [-0.3, -0.25) is 4.79 Å². The predicted molar refractivity (Wildman–Crippen MR) is 80.8 cm³/mol. The lowest BCUT2D eigenvalue weighted by Gasteiger charge is -2.23. The number of halogens is 1. The maximum absolute atomic E-state index is 11.8. The number of carbonyl (C=O) groups is 1. The highest BCUT2D eigenvalue weighted by atomic mass is 35.5. The van der Waals surface area contributed by atoms with Crippen molar-refractivity contribution in [2.45, 2.75) is 23.1 Å². The molecule has 2 rings (SSSR count). The summed E-state index contributed by atoms with van der Waals surface area (Å²) in [5.41, 5.74) is 0. The van der Waals surface area contributed by atoms with Crippen LogP contribution in [0.5, 0.6) is 0 Å². The molecule has 0 spiro atoms. The summed E-state index contributed by atoms with van der Waals surface area (Å²) in [6, 6.07) is 3.26. The molecule has 0 bridgehead atoms. The zero-order valence-corrected chi connectivity index (χ0v) is 13.2. The molecule has 20 heavy (non-hydrogen) atoms. The lowest BCUT2D eigenvalue weighted by Crippen LogP contribution is -2.48. The molecule has 0 radical (unpaired) electrons.